The highest BCUT2D eigenvalue weighted by atomic mass is 16.2. The van der Waals surface area contributed by atoms with Crippen LogP contribution in [0.25, 0.3) is 0 Å². The van der Waals surface area contributed by atoms with Crippen LogP contribution in [0.2, 0.25) is 0 Å². The lowest BCUT2D eigenvalue weighted by molar-refractivity contribution is -0.136. The average Bonchev–Trinajstić information content (AvgIpc) is 2.52. The number of rotatable bonds is 4. The third-order valence-electron chi connectivity index (χ3n) is 4.38. The second-order valence-corrected chi connectivity index (χ2v) is 6.50. The SMILES string of the molecule is CC1(C)CCCN(C(=O)CCC(=O)c2ccccc2)C1C#N. The van der Waals surface area contributed by atoms with Crippen LogP contribution < -0.4 is 0 Å². The van der Waals surface area contributed by atoms with E-state index in [0.717, 1.165) is 12.8 Å². The first kappa shape index (κ1) is 16.2. The highest BCUT2D eigenvalue weighted by Crippen LogP contribution is 2.35. The van der Waals surface area contributed by atoms with Crippen LogP contribution in [0.5, 0.6) is 0 Å². The van der Waals surface area contributed by atoms with Gasteiger partial charge in [-0.15, -0.1) is 0 Å². The number of nitriles is 1. The number of likely N-dealkylation sites (tertiary alicyclic amines) is 1. The molecule has 0 aliphatic carbocycles. The third kappa shape index (κ3) is 3.54. The summed E-state index contributed by atoms with van der Waals surface area (Å²) in [6.07, 6.45) is 2.21. The minimum Gasteiger partial charge on any atom is -0.326 e. The lowest BCUT2D eigenvalue weighted by atomic mass is 9.77. The monoisotopic (exact) mass is 298 g/mol. The smallest absolute Gasteiger partial charge is 0.224 e. The van der Waals surface area contributed by atoms with Gasteiger partial charge in [-0.1, -0.05) is 44.2 Å². The molecule has 1 aromatic carbocycles. The van der Waals surface area contributed by atoms with E-state index in [1.807, 2.05) is 32.0 Å². The predicted molar refractivity (Wildman–Crippen MR) is 84.1 cm³/mol. The zero-order chi connectivity index (χ0) is 16.2. The van der Waals surface area contributed by atoms with Crippen LogP contribution in [-0.2, 0) is 4.79 Å². The molecule has 0 spiro atoms. The first-order valence-corrected chi connectivity index (χ1v) is 7.73. The van der Waals surface area contributed by atoms with E-state index in [9.17, 15) is 14.9 Å². The van der Waals surface area contributed by atoms with Gasteiger partial charge in [0.25, 0.3) is 0 Å². The maximum atomic E-state index is 12.4. The van der Waals surface area contributed by atoms with Crippen molar-refractivity contribution in [2.24, 2.45) is 5.41 Å². The van der Waals surface area contributed by atoms with Crippen molar-refractivity contribution in [3.05, 3.63) is 35.9 Å². The average molecular weight is 298 g/mol. The molecule has 1 atom stereocenters. The van der Waals surface area contributed by atoms with Gasteiger partial charge in [0.05, 0.1) is 6.07 Å². The molecule has 1 aliphatic heterocycles. The lowest BCUT2D eigenvalue weighted by Gasteiger charge is -2.42. The number of nitrogens with zero attached hydrogens (tertiary/aromatic N) is 2. The molecule has 116 valence electrons. The molecule has 0 aromatic heterocycles. The van der Waals surface area contributed by atoms with Crippen molar-refractivity contribution in [2.45, 2.75) is 45.6 Å². The second kappa shape index (κ2) is 6.74. The van der Waals surface area contributed by atoms with Crippen LogP contribution in [0.15, 0.2) is 30.3 Å². The van der Waals surface area contributed by atoms with E-state index in [1.54, 1.807) is 17.0 Å². The van der Waals surface area contributed by atoms with Crippen molar-refractivity contribution in [3.63, 3.8) is 0 Å². The molecule has 1 saturated heterocycles. The molecular weight excluding hydrogens is 276 g/mol. The molecule has 1 unspecified atom stereocenters. The maximum absolute atomic E-state index is 12.4. The van der Waals surface area contributed by atoms with Crippen LogP contribution in [0.1, 0.15) is 49.9 Å². The second-order valence-electron chi connectivity index (χ2n) is 6.50. The largest absolute Gasteiger partial charge is 0.326 e. The molecule has 1 heterocycles. The number of piperidine rings is 1. The number of hydrogen-bond donors (Lipinski definition) is 0. The molecule has 1 aliphatic rings. The fourth-order valence-electron chi connectivity index (χ4n) is 3.04. The molecule has 4 nitrogen and oxygen atoms in total. The topological polar surface area (TPSA) is 61.2 Å². The summed E-state index contributed by atoms with van der Waals surface area (Å²) < 4.78 is 0. The summed E-state index contributed by atoms with van der Waals surface area (Å²) in [5, 5.41) is 9.39. The van der Waals surface area contributed by atoms with E-state index < -0.39 is 6.04 Å². The van der Waals surface area contributed by atoms with E-state index in [0.29, 0.717) is 12.1 Å². The summed E-state index contributed by atoms with van der Waals surface area (Å²) in [6, 6.07) is 10.9. The minimum absolute atomic E-state index is 0.0290. The van der Waals surface area contributed by atoms with E-state index in [4.69, 9.17) is 0 Å². The van der Waals surface area contributed by atoms with Crippen LogP contribution in [-0.4, -0.2) is 29.2 Å². The molecule has 2 rings (SSSR count). The van der Waals surface area contributed by atoms with Gasteiger partial charge >= 0.3 is 0 Å². The number of carbonyl (C=O) groups excluding carboxylic acids is 2. The van der Waals surface area contributed by atoms with Crippen molar-refractivity contribution in [1.29, 1.82) is 5.26 Å². The van der Waals surface area contributed by atoms with Gasteiger partial charge in [-0.05, 0) is 18.3 Å². The van der Waals surface area contributed by atoms with Crippen LogP contribution in [0, 0.1) is 16.7 Å². The summed E-state index contributed by atoms with van der Waals surface area (Å²) in [5.41, 5.74) is 0.442. The Hall–Kier alpha value is -2.15. The highest BCUT2D eigenvalue weighted by molar-refractivity contribution is 5.97. The van der Waals surface area contributed by atoms with E-state index in [1.165, 1.54) is 0 Å². The third-order valence-corrected chi connectivity index (χ3v) is 4.38. The Bertz CT molecular complexity index is 587. The normalized spacial score (nSPS) is 20.2. The molecule has 0 N–H and O–H groups in total. The van der Waals surface area contributed by atoms with Crippen molar-refractivity contribution >= 4 is 11.7 Å². The summed E-state index contributed by atoms with van der Waals surface area (Å²) in [6.45, 7) is 4.66. The van der Waals surface area contributed by atoms with Gasteiger partial charge in [0, 0.05) is 24.9 Å². The molecule has 1 aromatic rings. The van der Waals surface area contributed by atoms with Gasteiger partial charge in [-0.3, -0.25) is 9.59 Å². The summed E-state index contributed by atoms with van der Waals surface area (Å²) in [4.78, 5) is 26.1. The molecule has 1 fully saturated rings. The first-order chi connectivity index (χ1) is 10.5. The van der Waals surface area contributed by atoms with Gasteiger partial charge < -0.3 is 4.90 Å². The van der Waals surface area contributed by atoms with Gasteiger partial charge in [0.1, 0.15) is 6.04 Å². The Labute approximate surface area is 131 Å². The van der Waals surface area contributed by atoms with Crippen molar-refractivity contribution in [3.8, 4) is 6.07 Å². The first-order valence-electron chi connectivity index (χ1n) is 7.73. The van der Waals surface area contributed by atoms with Gasteiger partial charge in [-0.25, -0.2) is 0 Å². The Morgan fingerprint density at radius 2 is 1.95 bits per heavy atom. The molecule has 0 saturated carbocycles. The fourth-order valence-corrected chi connectivity index (χ4v) is 3.04. The van der Waals surface area contributed by atoms with Crippen LogP contribution in [0.4, 0.5) is 0 Å². The van der Waals surface area contributed by atoms with Crippen molar-refractivity contribution < 1.29 is 9.59 Å². The van der Waals surface area contributed by atoms with Crippen molar-refractivity contribution in [2.75, 3.05) is 6.54 Å². The van der Waals surface area contributed by atoms with Crippen LogP contribution in [0.3, 0.4) is 0 Å². The number of benzene rings is 1. The molecule has 22 heavy (non-hydrogen) atoms. The summed E-state index contributed by atoms with van der Waals surface area (Å²) in [7, 11) is 0. The van der Waals surface area contributed by atoms with Gasteiger partial charge in [-0.2, -0.15) is 5.26 Å². The van der Waals surface area contributed by atoms with Gasteiger partial charge in [0.15, 0.2) is 5.78 Å². The zero-order valence-electron chi connectivity index (χ0n) is 13.2. The van der Waals surface area contributed by atoms with E-state index in [2.05, 4.69) is 6.07 Å². The van der Waals surface area contributed by atoms with E-state index >= 15 is 0 Å². The number of carbonyl (C=O) groups is 2. The van der Waals surface area contributed by atoms with E-state index in [-0.39, 0.29) is 29.9 Å². The maximum Gasteiger partial charge on any atom is 0.224 e. The van der Waals surface area contributed by atoms with Crippen LogP contribution >= 0.6 is 0 Å². The molecule has 0 bridgehead atoms. The predicted octanol–water partition coefficient (Wildman–Crippen LogP) is 3.19. The molecular formula is C18H22N2O2. The number of ketones is 1. The zero-order valence-corrected chi connectivity index (χ0v) is 13.2. The summed E-state index contributed by atoms with van der Waals surface area (Å²) >= 11 is 0. The molecule has 4 heteroatoms. The number of amides is 1. The molecule has 0 radical (unpaired) electrons. The summed E-state index contributed by atoms with van der Waals surface area (Å²) in [5.74, 6) is -0.123. The van der Waals surface area contributed by atoms with Crippen molar-refractivity contribution in [1.82, 2.24) is 4.90 Å². The highest BCUT2D eigenvalue weighted by Gasteiger charge is 2.39. The van der Waals surface area contributed by atoms with Gasteiger partial charge in [0.2, 0.25) is 5.91 Å². The quantitative estimate of drug-likeness (QED) is 0.802. The molecule has 1 amide bonds. The Morgan fingerprint density at radius 1 is 1.27 bits per heavy atom. The standard InChI is InChI=1S/C18H22N2O2/c1-18(2)11-6-12-20(16(18)13-19)17(22)10-9-15(21)14-7-4-3-5-8-14/h3-5,7-8,16H,6,9-12H2,1-2H3. The Kier molecular flexibility index (Phi) is 4.97. The number of hydrogen-bond acceptors (Lipinski definition) is 3. The number of Topliss-reactive ketones (excluding diaryl/α,β-unsaturated/α-hetero) is 1. The minimum atomic E-state index is -0.402. The fraction of sp³-hybridized carbons (Fsp3) is 0.500. The Morgan fingerprint density at radius 3 is 2.59 bits per heavy atom. The lowest BCUT2D eigenvalue weighted by Crippen LogP contribution is -2.51. The Balaban J connectivity index is 1.97.